The molecule has 0 atom stereocenters. The molecule has 0 saturated carbocycles. The molecule has 190 valence electrons. The van der Waals surface area contributed by atoms with Crippen molar-refractivity contribution in [1.82, 2.24) is 35.4 Å². The molecule has 4 aromatic rings. The predicted molar refractivity (Wildman–Crippen MR) is 142 cm³/mol. The van der Waals surface area contributed by atoms with Crippen LogP contribution in [0.2, 0.25) is 0 Å². The Morgan fingerprint density at radius 3 is 2.86 bits per heavy atom. The fourth-order valence-electron chi connectivity index (χ4n) is 4.54. The first kappa shape index (κ1) is 24.6. The van der Waals surface area contributed by atoms with Gasteiger partial charge in [0.05, 0.1) is 21.9 Å². The van der Waals surface area contributed by atoms with Gasteiger partial charge >= 0.3 is 0 Å². The van der Waals surface area contributed by atoms with Gasteiger partial charge in [0.25, 0.3) is 0 Å². The van der Waals surface area contributed by atoms with E-state index in [-0.39, 0.29) is 5.91 Å². The highest BCUT2D eigenvalue weighted by Crippen LogP contribution is 2.34. The lowest BCUT2D eigenvalue weighted by molar-refractivity contribution is -0.129. The van der Waals surface area contributed by atoms with Crippen molar-refractivity contribution in [3.8, 4) is 11.4 Å². The Labute approximate surface area is 213 Å². The zero-order chi connectivity index (χ0) is 24.9. The normalized spacial score (nSPS) is 15.1. The second kappa shape index (κ2) is 11.3. The van der Waals surface area contributed by atoms with Crippen molar-refractivity contribution >= 4 is 44.2 Å². The number of hydrogen-bond donors (Lipinski definition) is 4. The third-order valence-corrected chi connectivity index (χ3v) is 7.74. The highest BCUT2D eigenvalue weighted by Gasteiger charge is 2.18. The Hall–Kier alpha value is -3.12. The lowest BCUT2D eigenvalue weighted by atomic mass is 10.1. The van der Waals surface area contributed by atoms with Crippen LogP contribution < -0.4 is 10.8 Å². The summed E-state index contributed by atoms with van der Waals surface area (Å²) in [6.45, 7) is 6.00. The molecule has 36 heavy (non-hydrogen) atoms. The number of benzene rings is 1. The summed E-state index contributed by atoms with van der Waals surface area (Å²) in [5.74, 6) is 1.18. The molecule has 1 saturated heterocycles. The third-order valence-electron chi connectivity index (χ3n) is 6.62. The van der Waals surface area contributed by atoms with Crippen LogP contribution in [-0.4, -0.2) is 80.9 Å². The van der Waals surface area contributed by atoms with Crippen molar-refractivity contribution in [2.45, 2.75) is 32.2 Å². The number of fused-ring (bicyclic) bond motifs is 2. The van der Waals surface area contributed by atoms with Gasteiger partial charge < -0.3 is 10.2 Å². The van der Waals surface area contributed by atoms with E-state index in [2.05, 4.69) is 38.4 Å². The topological polar surface area (TPSA) is 122 Å². The minimum atomic E-state index is -0.343. The van der Waals surface area contributed by atoms with Gasteiger partial charge in [-0.3, -0.25) is 20.0 Å². The minimum Gasteiger partial charge on any atom is -0.369 e. The lowest BCUT2D eigenvalue weighted by Crippen LogP contribution is -2.43. The number of aromatic nitrogens is 4. The van der Waals surface area contributed by atoms with Crippen LogP contribution in [-0.2, 0) is 11.3 Å². The van der Waals surface area contributed by atoms with Crippen molar-refractivity contribution in [3.05, 3.63) is 35.3 Å². The predicted octanol–water partition coefficient (Wildman–Crippen LogP) is 3.46. The molecule has 11 heteroatoms. The molecule has 0 radical (unpaired) electrons. The van der Waals surface area contributed by atoms with Gasteiger partial charge in [-0.1, -0.05) is 18.6 Å². The molecule has 3 aromatic heterocycles. The fraction of sp³-hybridized carbons (Fsp3) is 0.440. The minimum absolute atomic E-state index is 0.327. The smallest absolute Gasteiger partial charge is 0.243 e. The number of carbonyl (C=O) groups excluding carboxylic acids is 1. The van der Waals surface area contributed by atoms with Crippen LogP contribution in [0.5, 0.6) is 0 Å². The zero-order valence-electron chi connectivity index (χ0n) is 20.5. The van der Waals surface area contributed by atoms with E-state index in [1.165, 1.54) is 4.88 Å². The number of aromatic amines is 1. The maximum absolute atomic E-state index is 11.2. The number of hydrogen-bond acceptors (Lipinski definition) is 9. The van der Waals surface area contributed by atoms with E-state index in [1.54, 1.807) is 16.8 Å². The first-order valence-electron chi connectivity index (χ1n) is 12.4. The molecular formula is C25H32N8O2S. The Morgan fingerprint density at radius 1 is 1.17 bits per heavy atom. The van der Waals surface area contributed by atoms with Crippen molar-refractivity contribution in [2.24, 2.45) is 0 Å². The van der Waals surface area contributed by atoms with Gasteiger partial charge in [0.15, 0.2) is 5.82 Å². The summed E-state index contributed by atoms with van der Waals surface area (Å²) in [5.41, 5.74) is 4.55. The molecule has 0 spiro atoms. The van der Waals surface area contributed by atoms with Gasteiger partial charge in [-0.05, 0) is 32.0 Å². The Morgan fingerprint density at radius 2 is 2.03 bits per heavy atom. The first-order chi connectivity index (χ1) is 17.6. The zero-order valence-corrected chi connectivity index (χ0v) is 21.3. The number of likely N-dealkylation sites (N-methyl/N-ethyl adjacent to an activating group) is 1. The number of hydroxylamine groups is 1. The molecule has 4 N–H and O–H groups in total. The Bertz CT molecular complexity index is 1330. The molecule has 1 aromatic carbocycles. The SMILES string of the molecule is CN1CCN(Cc2cc3nc(-c4cccc5[nH]ncc45)nc(NCCCCCC(=O)NO)c3s2)CC1. The van der Waals surface area contributed by atoms with Crippen LogP contribution in [0.3, 0.4) is 0 Å². The molecule has 1 aliphatic rings. The molecule has 0 aliphatic carbocycles. The average Bonchev–Trinajstić information content (AvgIpc) is 3.53. The maximum Gasteiger partial charge on any atom is 0.243 e. The molecule has 0 unspecified atom stereocenters. The van der Waals surface area contributed by atoms with Crippen molar-refractivity contribution in [3.63, 3.8) is 0 Å². The largest absolute Gasteiger partial charge is 0.369 e. The van der Waals surface area contributed by atoms with E-state index in [1.807, 2.05) is 24.4 Å². The highest BCUT2D eigenvalue weighted by atomic mass is 32.1. The number of piperazine rings is 1. The van der Waals surface area contributed by atoms with Gasteiger partial charge in [0.2, 0.25) is 5.91 Å². The monoisotopic (exact) mass is 508 g/mol. The van der Waals surface area contributed by atoms with Crippen molar-refractivity contribution in [2.75, 3.05) is 45.1 Å². The van der Waals surface area contributed by atoms with E-state index < -0.39 is 0 Å². The molecule has 1 amide bonds. The average molecular weight is 509 g/mol. The molecule has 4 heterocycles. The van der Waals surface area contributed by atoms with Crippen molar-refractivity contribution in [1.29, 1.82) is 0 Å². The number of rotatable bonds is 10. The van der Waals surface area contributed by atoms with Crippen LogP contribution in [0.4, 0.5) is 5.82 Å². The van der Waals surface area contributed by atoms with Crippen LogP contribution in [0.1, 0.15) is 30.6 Å². The summed E-state index contributed by atoms with van der Waals surface area (Å²) in [6, 6.07) is 8.23. The van der Waals surface area contributed by atoms with Crippen LogP contribution in [0.15, 0.2) is 30.5 Å². The number of carbonyl (C=O) groups is 1. The Kier molecular flexibility index (Phi) is 7.71. The van der Waals surface area contributed by atoms with E-state index >= 15 is 0 Å². The molecule has 5 rings (SSSR count). The van der Waals surface area contributed by atoms with Gasteiger partial charge in [-0.25, -0.2) is 15.4 Å². The number of amides is 1. The standard InChI is InChI=1S/C25H32N8O2S/c1-32-10-12-33(13-11-32)16-17-14-21-23(36-17)25(26-9-4-2-3-8-22(34)31-35)29-24(28-21)18-6-5-7-20-19(18)15-27-30-20/h5-7,14-15,35H,2-4,8-13,16H2,1H3,(H,27,30)(H,31,34)(H,26,28,29). The summed E-state index contributed by atoms with van der Waals surface area (Å²) >= 11 is 1.76. The highest BCUT2D eigenvalue weighted by molar-refractivity contribution is 7.19. The number of unbranched alkanes of at least 4 members (excludes halogenated alkanes) is 2. The summed E-state index contributed by atoms with van der Waals surface area (Å²) in [6.07, 6.45) is 4.66. The summed E-state index contributed by atoms with van der Waals surface area (Å²) in [4.78, 5) is 27.3. The Balaban J connectivity index is 1.38. The van der Waals surface area contributed by atoms with Gasteiger partial charge in [0.1, 0.15) is 5.82 Å². The van der Waals surface area contributed by atoms with E-state index in [0.717, 1.165) is 91.0 Å². The molecule has 1 fully saturated rings. The van der Waals surface area contributed by atoms with E-state index in [0.29, 0.717) is 12.2 Å². The number of thiophene rings is 1. The van der Waals surface area contributed by atoms with Gasteiger partial charge in [-0.15, -0.1) is 11.3 Å². The van der Waals surface area contributed by atoms with E-state index in [4.69, 9.17) is 15.2 Å². The maximum atomic E-state index is 11.2. The molecule has 1 aliphatic heterocycles. The quantitative estimate of drug-likeness (QED) is 0.146. The third kappa shape index (κ3) is 5.65. The summed E-state index contributed by atoms with van der Waals surface area (Å²) in [7, 11) is 2.17. The van der Waals surface area contributed by atoms with E-state index in [9.17, 15) is 4.79 Å². The second-order valence-corrected chi connectivity index (χ2v) is 10.4. The summed E-state index contributed by atoms with van der Waals surface area (Å²) in [5, 5.41) is 20.4. The van der Waals surface area contributed by atoms with Gasteiger partial charge in [0, 0.05) is 61.5 Å². The number of nitrogens with zero attached hydrogens (tertiary/aromatic N) is 5. The number of H-pyrrole nitrogens is 1. The first-order valence-corrected chi connectivity index (χ1v) is 13.2. The van der Waals surface area contributed by atoms with Crippen LogP contribution in [0, 0.1) is 0 Å². The molecular weight excluding hydrogens is 476 g/mol. The second-order valence-electron chi connectivity index (χ2n) is 9.31. The van der Waals surface area contributed by atoms with Crippen LogP contribution in [0.25, 0.3) is 32.5 Å². The lowest BCUT2D eigenvalue weighted by Gasteiger charge is -2.31. The fourth-order valence-corrected chi connectivity index (χ4v) is 5.64. The summed E-state index contributed by atoms with van der Waals surface area (Å²) < 4.78 is 1.07. The number of anilines is 1. The van der Waals surface area contributed by atoms with Crippen molar-refractivity contribution < 1.29 is 10.0 Å². The molecule has 0 bridgehead atoms. The number of nitrogens with one attached hydrogen (secondary N) is 3. The molecule has 10 nitrogen and oxygen atoms in total. The van der Waals surface area contributed by atoms with Gasteiger partial charge in [-0.2, -0.15) is 5.10 Å². The van der Waals surface area contributed by atoms with Crippen LogP contribution >= 0.6 is 11.3 Å².